The summed E-state index contributed by atoms with van der Waals surface area (Å²) < 4.78 is 13.1. The van der Waals surface area contributed by atoms with Crippen LogP contribution in [-0.4, -0.2) is 0 Å². The summed E-state index contributed by atoms with van der Waals surface area (Å²) in [6, 6.07) is 0. The van der Waals surface area contributed by atoms with Gasteiger partial charge >= 0.3 is 0 Å². The Hall–Kier alpha value is -1.11. The molecule has 0 radical (unpaired) electrons. The fourth-order valence-electron chi connectivity index (χ4n) is 0.947. The number of rotatable bonds is 4. The third kappa shape index (κ3) is 3.88. The Kier molecular flexibility index (Phi) is 5.05. The van der Waals surface area contributed by atoms with Crippen molar-refractivity contribution in [3.63, 3.8) is 0 Å². The molecule has 0 spiro atoms. The predicted octanol–water partition coefficient (Wildman–Crippen LogP) is 4.33. The molecule has 0 fully saturated rings. The predicted molar refractivity (Wildman–Crippen MR) is 57.2 cm³/mol. The molecule has 0 aliphatic rings. The molecular formula is C12H17F. The van der Waals surface area contributed by atoms with E-state index in [9.17, 15) is 4.39 Å². The Balaban J connectivity index is 4.91. The van der Waals surface area contributed by atoms with Crippen molar-refractivity contribution in [1.82, 2.24) is 0 Å². The second-order valence-corrected chi connectivity index (χ2v) is 3.03. The zero-order valence-corrected chi connectivity index (χ0v) is 8.65. The number of halogens is 1. The lowest BCUT2D eigenvalue weighted by Crippen LogP contribution is -1.83. The average molecular weight is 180 g/mol. The fraction of sp³-hybridized carbons (Fsp3) is 0.333. The Bertz CT molecular complexity index is 267. The highest BCUT2D eigenvalue weighted by Crippen LogP contribution is 2.16. The summed E-state index contributed by atoms with van der Waals surface area (Å²) in [4.78, 5) is 0. The third-order valence-corrected chi connectivity index (χ3v) is 1.82. The van der Waals surface area contributed by atoms with E-state index >= 15 is 0 Å². The normalized spacial score (nSPS) is 13.7. The minimum absolute atomic E-state index is 0.0828. The van der Waals surface area contributed by atoms with Crippen LogP contribution < -0.4 is 0 Å². The van der Waals surface area contributed by atoms with Gasteiger partial charge in [0.15, 0.2) is 0 Å². The maximum atomic E-state index is 13.1. The van der Waals surface area contributed by atoms with Crippen LogP contribution in [0.1, 0.15) is 27.2 Å². The van der Waals surface area contributed by atoms with E-state index in [1.165, 1.54) is 0 Å². The molecule has 0 saturated heterocycles. The van der Waals surface area contributed by atoms with Crippen LogP contribution in [0.4, 0.5) is 4.39 Å². The highest BCUT2D eigenvalue weighted by atomic mass is 19.1. The van der Waals surface area contributed by atoms with Gasteiger partial charge in [0.2, 0.25) is 0 Å². The van der Waals surface area contributed by atoms with Crippen molar-refractivity contribution in [2.24, 2.45) is 0 Å². The van der Waals surface area contributed by atoms with Crippen LogP contribution in [0.15, 0.2) is 47.9 Å². The first-order valence-electron chi connectivity index (χ1n) is 4.38. The Morgan fingerprint density at radius 1 is 1.38 bits per heavy atom. The summed E-state index contributed by atoms with van der Waals surface area (Å²) in [7, 11) is 0. The van der Waals surface area contributed by atoms with Gasteiger partial charge in [0.05, 0.1) is 0 Å². The van der Waals surface area contributed by atoms with Gasteiger partial charge in [0.25, 0.3) is 0 Å². The van der Waals surface area contributed by atoms with E-state index in [4.69, 9.17) is 0 Å². The standard InChI is InChI=1S/C12H17F/c1-6-11(9(3)4)8-10(5)12(13)7-2/h6,8H,1,3,7H2,2,4-5H3/b11-8+,12-10+. The van der Waals surface area contributed by atoms with Gasteiger partial charge in [0.1, 0.15) is 5.83 Å². The van der Waals surface area contributed by atoms with E-state index in [2.05, 4.69) is 13.2 Å². The maximum Gasteiger partial charge on any atom is 0.103 e. The van der Waals surface area contributed by atoms with Crippen molar-refractivity contribution >= 4 is 0 Å². The van der Waals surface area contributed by atoms with E-state index in [1.807, 2.05) is 6.92 Å². The summed E-state index contributed by atoms with van der Waals surface area (Å²) in [5.41, 5.74) is 2.44. The van der Waals surface area contributed by atoms with Gasteiger partial charge in [0, 0.05) is 0 Å². The molecule has 0 amide bonds. The van der Waals surface area contributed by atoms with Crippen molar-refractivity contribution in [1.29, 1.82) is 0 Å². The number of hydrogen-bond donors (Lipinski definition) is 0. The minimum Gasteiger partial charge on any atom is -0.212 e. The van der Waals surface area contributed by atoms with Gasteiger partial charge in [-0.2, -0.15) is 0 Å². The maximum absolute atomic E-state index is 13.1. The molecule has 0 atom stereocenters. The molecule has 0 nitrogen and oxygen atoms in total. The molecule has 0 aromatic heterocycles. The van der Waals surface area contributed by atoms with E-state index in [0.29, 0.717) is 12.0 Å². The molecular weight excluding hydrogens is 163 g/mol. The molecule has 0 bridgehead atoms. The zero-order valence-electron chi connectivity index (χ0n) is 8.65. The SMILES string of the molecule is C=C/C(=C\C(C)=C(\F)CC)C(=C)C. The fourth-order valence-corrected chi connectivity index (χ4v) is 0.947. The monoisotopic (exact) mass is 180 g/mol. The lowest BCUT2D eigenvalue weighted by Gasteiger charge is -2.01. The molecule has 72 valence electrons. The van der Waals surface area contributed by atoms with Gasteiger partial charge < -0.3 is 0 Å². The van der Waals surface area contributed by atoms with Crippen LogP contribution in [-0.2, 0) is 0 Å². The average Bonchev–Trinajstić information content (AvgIpc) is 2.11. The van der Waals surface area contributed by atoms with Gasteiger partial charge in [-0.3, -0.25) is 0 Å². The third-order valence-electron chi connectivity index (χ3n) is 1.82. The first-order valence-corrected chi connectivity index (χ1v) is 4.38. The largest absolute Gasteiger partial charge is 0.212 e. The lowest BCUT2D eigenvalue weighted by atomic mass is 10.1. The van der Waals surface area contributed by atoms with E-state index in [0.717, 1.165) is 11.1 Å². The van der Waals surface area contributed by atoms with Crippen LogP contribution in [0.5, 0.6) is 0 Å². The molecule has 0 aliphatic carbocycles. The second-order valence-electron chi connectivity index (χ2n) is 3.03. The van der Waals surface area contributed by atoms with Crippen molar-refractivity contribution in [3.05, 3.63) is 47.9 Å². The molecule has 0 aliphatic heterocycles. The molecule has 0 aromatic rings. The van der Waals surface area contributed by atoms with Crippen molar-refractivity contribution in [2.45, 2.75) is 27.2 Å². The lowest BCUT2D eigenvalue weighted by molar-refractivity contribution is 0.595. The van der Waals surface area contributed by atoms with Gasteiger partial charge in [-0.05, 0) is 37.5 Å². The quantitative estimate of drug-likeness (QED) is 0.565. The minimum atomic E-state index is -0.0828. The molecule has 0 aromatic carbocycles. The summed E-state index contributed by atoms with van der Waals surface area (Å²) in [5.74, 6) is -0.0828. The molecule has 0 heterocycles. The molecule has 0 unspecified atom stereocenters. The van der Waals surface area contributed by atoms with Crippen molar-refractivity contribution < 1.29 is 4.39 Å². The topological polar surface area (TPSA) is 0 Å². The Morgan fingerprint density at radius 3 is 2.23 bits per heavy atom. The zero-order chi connectivity index (χ0) is 10.4. The van der Waals surface area contributed by atoms with Gasteiger partial charge in [-0.25, -0.2) is 4.39 Å². The number of hydrogen-bond acceptors (Lipinski definition) is 0. The van der Waals surface area contributed by atoms with Crippen LogP contribution in [0, 0.1) is 0 Å². The van der Waals surface area contributed by atoms with E-state index < -0.39 is 0 Å². The Morgan fingerprint density at radius 2 is 1.92 bits per heavy atom. The highest BCUT2D eigenvalue weighted by Gasteiger charge is 1.98. The molecule has 0 N–H and O–H groups in total. The van der Waals surface area contributed by atoms with Crippen molar-refractivity contribution in [2.75, 3.05) is 0 Å². The van der Waals surface area contributed by atoms with Crippen LogP contribution in [0.25, 0.3) is 0 Å². The number of allylic oxidation sites excluding steroid dienone is 6. The smallest absolute Gasteiger partial charge is 0.103 e. The summed E-state index contributed by atoms with van der Waals surface area (Å²) in [5, 5.41) is 0. The van der Waals surface area contributed by atoms with Gasteiger partial charge in [-0.15, -0.1) is 0 Å². The van der Waals surface area contributed by atoms with Crippen molar-refractivity contribution in [3.8, 4) is 0 Å². The summed E-state index contributed by atoms with van der Waals surface area (Å²) in [6.45, 7) is 12.9. The summed E-state index contributed by atoms with van der Waals surface area (Å²) >= 11 is 0. The van der Waals surface area contributed by atoms with Crippen LogP contribution >= 0.6 is 0 Å². The summed E-state index contributed by atoms with van der Waals surface area (Å²) in [6.07, 6.45) is 3.89. The highest BCUT2D eigenvalue weighted by molar-refractivity contribution is 5.41. The molecule has 0 rings (SSSR count). The van der Waals surface area contributed by atoms with E-state index in [1.54, 1.807) is 26.0 Å². The second kappa shape index (κ2) is 5.52. The molecule has 13 heavy (non-hydrogen) atoms. The first kappa shape index (κ1) is 11.9. The first-order chi connectivity index (χ1) is 6.02. The molecule has 0 saturated carbocycles. The Labute approximate surface area is 80.2 Å². The molecule has 1 heteroatoms. The van der Waals surface area contributed by atoms with Crippen LogP contribution in [0.2, 0.25) is 0 Å². The van der Waals surface area contributed by atoms with E-state index in [-0.39, 0.29) is 5.83 Å². The van der Waals surface area contributed by atoms with Gasteiger partial charge in [-0.1, -0.05) is 31.7 Å². The van der Waals surface area contributed by atoms with Crippen LogP contribution in [0.3, 0.4) is 0 Å².